The second-order valence-corrected chi connectivity index (χ2v) is 4.58. The zero-order valence-electron chi connectivity index (χ0n) is 10.5. The largest absolute Gasteiger partial charge is 0.507 e. The van der Waals surface area contributed by atoms with Crippen LogP contribution in [0.5, 0.6) is 5.75 Å². The van der Waals surface area contributed by atoms with Gasteiger partial charge in [0.05, 0.1) is 5.56 Å². The van der Waals surface area contributed by atoms with Gasteiger partial charge in [-0.2, -0.15) is 0 Å². The Kier molecular flexibility index (Phi) is 4.07. The van der Waals surface area contributed by atoms with Crippen molar-refractivity contribution in [3.05, 3.63) is 59.2 Å². The molecule has 0 aromatic heterocycles. The fourth-order valence-electron chi connectivity index (χ4n) is 1.76. The average molecular weight is 276 g/mol. The van der Waals surface area contributed by atoms with Gasteiger partial charge in [0.15, 0.2) is 0 Å². The Morgan fingerprint density at radius 1 is 1.26 bits per heavy atom. The molecule has 2 aromatic carbocycles. The van der Waals surface area contributed by atoms with E-state index in [-0.39, 0.29) is 17.2 Å². The van der Waals surface area contributed by atoms with Crippen LogP contribution in [-0.4, -0.2) is 11.0 Å². The third-order valence-corrected chi connectivity index (χ3v) is 3.05. The van der Waals surface area contributed by atoms with Gasteiger partial charge in [-0.25, -0.2) is 0 Å². The predicted molar refractivity (Wildman–Crippen MR) is 76.8 cm³/mol. The second-order valence-electron chi connectivity index (χ2n) is 4.31. The molecule has 0 atom stereocenters. The van der Waals surface area contributed by atoms with Crippen molar-refractivity contribution in [2.75, 3.05) is 5.32 Å². The van der Waals surface area contributed by atoms with Crippen molar-refractivity contribution in [1.29, 1.82) is 0 Å². The predicted octanol–water partition coefficient (Wildman–Crippen LogP) is 3.69. The van der Waals surface area contributed by atoms with E-state index in [1.54, 1.807) is 30.3 Å². The van der Waals surface area contributed by atoms with Crippen LogP contribution in [0, 0.1) is 6.92 Å². The molecule has 4 heteroatoms. The molecule has 2 N–H and O–H groups in total. The summed E-state index contributed by atoms with van der Waals surface area (Å²) < 4.78 is 0. The number of anilines is 1. The average Bonchev–Trinajstić information content (AvgIpc) is 2.38. The van der Waals surface area contributed by atoms with Gasteiger partial charge in [0.25, 0.3) is 5.91 Å². The van der Waals surface area contributed by atoms with Crippen LogP contribution < -0.4 is 5.32 Å². The van der Waals surface area contributed by atoms with E-state index in [2.05, 4.69) is 5.32 Å². The molecule has 0 heterocycles. The van der Waals surface area contributed by atoms with E-state index in [4.69, 9.17) is 11.6 Å². The van der Waals surface area contributed by atoms with Gasteiger partial charge in [0.2, 0.25) is 0 Å². The number of alkyl halides is 1. The smallest absolute Gasteiger partial charge is 0.259 e. The van der Waals surface area contributed by atoms with Crippen LogP contribution in [0.4, 0.5) is 5.69 Å². The van der Waals surface area contributed by atoms with Gasteiger partial charge >= 0.3 is 0 Å². The summed E-state index contributed by atoms with van der Waals surface area (Å²) in [5, 5.41) is 12.5. The number of hydrogen-bond acceptors (Lipinski definition) is 2. The van der Waals surface area contributed by atoms with Crippen LogP contribution in [0.2, 0.25) is 0 Å². The highest BCUT2D eigenvalue weighted by Gasteiger charge is 2.11. The molecule has 0 radical (unpaired) electrons. The van der Waals surface area contributed by atoms with E-state index in [1.165, 1.54) is 0 Å². The maximum absolute atomic E-state index is 12.0. The number of aryl methyl sites for hydroxylation is 1. The second kappa shape index (κ2) is 5.76. The van der Waals surface area contributed by atoms with Crippen LogP contribution in [0.3, 0.4) is 0 Å². The summed E-state index contributed by atoms with van der Waals surface area (Å²) in [7, 11) is 0. The van der Waals surface area contributed by atoms with Crippen molar-refractivity contribution in [2.45, 2.75) is 12.8 Å². The van der Waals surface area contributed by atoms with Crippen molar-refractivity contribution in [1.82, 2.24) is 0 Å². The Morgan fingerprint density at radius 2 is 2.05 bits per heavy atom. The maximum atomic E-state index is 12.0. The number of nitrogens with one attached hydrogen (secondary N) is 1. The van der Waals surface area contributed by atoms with E-state index >= 15 is 0 Å². The molecule has 0 bridgehead atoms. The Balaban J connectivity index is 2.20. The molecule has 0 fully saturated rings. The van der Waals surface area contributed by atoms with Gasteiger partial charge in [-0.05, 0) is 42.3 Å². The number of amides is 1. The third-order valence-electron chi connectivity index (χ3n) is 2.74. The van der Waals surface area contributed by atoms with Crippen LogP contribution in [-0.2, 0) is 5.88 Å². The zero-order chi connectivity index (χ0) is 13.8. The summed E-state index contributed by atoms with van der Waals surface area (Å²) in [5.74, 6) is 0.0228. The lowest BCUT2D eigenvalue weighted by atomic mass is 10.1. The van der Waals surface area contributed by atoms with E-state index < -0.39 is 0 Å². The number of halogens is 1. The van der Waals surface area contributed by atoms with Gasteiger partial charge < -0.3 is 10.4 Å². The minimum atomic E-state index is -0.343. The minimum Gasteiger partial charge on any atom is -0.507 e. The van der Waals surface area contributed by atoms with E-state index in [0.717, 1.165) is 11.1 Å². The lowest BCUT2D eigenvalue weighted by molar-refractivity contribution is 0.102. The lowest BCUT2D eigenvalue weighted by Gasteiger charge is -2.08. The molecule has 0 aliphatic heterocycles. The van der Waals surface area contributed by atoms with E-state index in [9.17, 15) is 9.90 Å². The topological polar surface area (TPSA) is 49.3 Å². The summed E-state index contributed by atoms with van der Waals surface area (Å²) in [5.41, 5.74) is 2.73. The monoisotopic (exact) mass is 275 g/mol. The van der Waals surface area contributed by atoms with Crippen molar-refractivity contribution < 1.29 is 9.90 Å². The number of aromatic hydroxyl groups is 1. The normalized spacial score (nSPS) is 10.2. The molecule has 0 saturated carbocycles. The molecule has 0 aliphatic rings. The summed E-state index contributed by atoms with van der Waals surface area (Å²) in [4.78, 5) is 12.0. The summed E-state index contributed by atoms with van der Waals surface area (Å²) >= 11 is 5.74. The molecule has 1 amide bonds. The Labute approximate surface area is 116 Å². The molecule has 2 aromatic rings. The molecular weight excluding hydrogens is 262 g/mol. The molecule has 98 valence electrons. The molecular formula is C15H14ClNO2. The van der Waals surface area contributed by atoms with Crippen LogP contribution >= 0.6 is 11.6 Å². The summed E-state index contributed by atoms with van der Waals surface area (Å²) in [6.45, 7) is 1.85. The van der Waals surface area contributed by atoms with Crippen molar-refractivity contribution in [2.24, 2.45) is 0 Å². The Bertz CT molecular complexity index is 611. The molecule has 0 spiro atoms. The SMILES string of the molecule is Cc1ccc(C(=O)Nc2cccc(CCl)c2)c(O)c1. The fourth-order valence-corrected chi connectivity index (χ4v) is 1.93. The lowest BCUT2D eigenvalue weighted by Crippen LogP contribution is -2.12. The zero-order valence-corrected chi connectivity index (χ0v) is 11.2. The molecule has 3 nitrogen and oxygen atoms in total. The van der Waals surface area contributed by atoms with Crippen LogP contribution in [0.1, 0.15) is 21.5 Å². The molecule has 2 rings (SSSR count). The van der Waals surface area contributed by atoms with E-state index in [0.29, 0.717) is 11.6 Å². The number of phenols is 1. The molecule has 0 aliphatic carbocycles. The number of benzene rings is 2. The van der Waals surface area contributed by atoms with Crippen molar-refractivity contribution in [3.63, 3.8) is 0 Å². The first kappa shape index (κ1) is 13.4. The van der Waals surface area contributed by atoms with Crippen molar-refractivity contribution >= 4 is 23.2 Å². The van der Waals surface area contributed by atoms with Gasteiger partial charge in [-0.15, -0.1) is 11.6 Å². The molecule has 0 saturated heterocycles. The van der Waals surface area contributed by atoms with Gasteiger partial charge in [0.1, 0.15) is 5.75 Å². The molecule has 19 heavy (non-hydrogen) atoms. The highest BCUT2D eigenvalue weighted by Crippen LogP contribution is 2.20. The Hall–Kier alpha value is -2.00. The van der Waals surface area contributed by atoms with Crippen LogP contribution in [0.15, 0.2) is 42.5 Å². The number of carbonyl (C=O) groups is 1. The summed E-state index contributed by atoms with van der Waals surface area (Å²) in [6.07, 6.45) is 0. The number of phenolic OH excluding ortho intramolecular Hbond substituents is 1. The maximum Gasteiger partial charge on any atom is 0.259 e. The summed E-state index contributed by atoms with van der Waals surface area (Å²) in [6, 6.07) is 12.2. The van der Waals surface area contributed by atoms with Gasteiger partial charge in [-0.3, -0.25) is 4.79 Å². The third kappa shape index (κ3) is 3.26. The first-order valence-corrected chi connectivity index (χ1v) is 6.39. The quantitative estimate of drug-likeness (QED) is 0.839. The van der Waals surface area contributed by atoms with Gasteiger partial charge in [0, 0.05) is 11.6 Å². The first-order chi connectivity index (χ1) is 9.10. The minimum absolute atomic E-state index is 0.0222. The van der Waals surface area contributed by atoms with Crippen LogP contribution in [0.25, 0.3) is 0 Å². The first-order valence-electron chi connectivity index (χ1n) is 5.86. The highest BCUT2D eigenvalue weighted by atomic mass is 35.5. The Morgan fingerprint density at radius 3 is 2.74 bits per heavy atom. The van der Waals surface area contributed by atoms with E-state index in [1.807, 2.05) is 19.1 Å². The fraction of sp³-hybridized carbons (Fsp3) is 0.133. The highest BCUT2D eigenvalue weighted by molar-refractivity contribution is 6.17. The number of hydrogen-bond donors (Lipinski definition) is 2. The molecule has 0 unspecified atom stereocenters. The van der Waals surface area contributed by atoms with Gasteiger partial charge in [-0.1, -0.05) is 18.2 Å². The number of carbonyl (C=O) groups excluding carboxylic acids is 1. The van der Waals surface area contributed by atoms with Crippen molar-refractivity contribution in [3.8, 4) is 5.75 Å². The standard InChI is InChI=1S/C15H14ClNO2/c1-10-5-6-13(14(18)7-10)15(19)17-12-4-2-3-11(8-12)9-16/h2-8,18H,9H2,1H3,(H,17,19). The number of rotatable bonds is 3.